The number of H-pyrrole nitrogens is 1. The van der Waals surface area contributed by atoms with Gasteiger partial charge in [-0.2, -0.15) is 0 Å². The summed E-state index contributed by atoms with van der Waals surface area (Å²) in [6, 6.07) is 9.07. The SMILES string of the molecule is Nc1ccc(Cl)cc1C(=O)N1CCCC1c1ccc[nH]1. The number of benzene rings is 1. The van der Waals surface area contributed by atoms with Crippen LogP contribution in [0, 0.1) is 0 Å². The van der Waals surface area contributed by atoms with Crippen molar-refractivity contribution in [2.45, 2.75) is 18.9 Å². The molecule has 1 unspecified atom stereocenters. The Kier molecular flexibility index (Phi) is 3.40. The van der Waals surface area contributed by atoms with E-state index < -0.39 is 0 Å². The number of nitrogens with one attached hydrogen (secondary N) is 1. The lowest BCUT2D eigenvalue weighted by Gasteiger charge is -2.24. The lowest BCUT2D eigenvalue weighted by atomic mass is 10.1. The van der Waals surface area contributed by atoms with E-state index in [0.29, 0.717) is 16.3 Å². The maximum absolute atomic E-state index is 12.7. The number of anilines is 1. The molecule has 1 saturated heterocycles. The number of amides is 1. The van der Waals surface area contributed by atoms with Crippen molar-refractivity contribution in [2.24, 2.45) is 0 Å². The van der Waals surface area contributed by atoms with Crippen molar-refractivity contribution < 1.29 is 4.79 Å². The van der Waals surface area contributed by atoms with Crippen LogP contribution in [0.4, 0.5) is 5.69 Å². The molecule has 3 rings (SSSR count). The summed E-state index contributed by atoms with van der Waals surface area (Å²) >= 11 is 5.97. The summed E-state index contributed by atoms with van der Waals surface area (Å²) in [5, 5.41) is 0.526. The number of nitrogen functional groups attached to an aromatic ring is 1. The van der Waals surface area contributed by atoms with E-state index in [1.807, 2.05) is 23.2 Å². The van der Waals surface area contributed by atoms with E-state index in [2.05, 4.69) is 4.98 Å². The van der Waals surface area contributed by atoms with E-state index >= 15 is 0 Å². The molecule has 1 aromatic heterocycles. The summed E-state index contributed by atoms with van der Waals surface area (Å²) in [7, 11) is 0. The molecule has 20 heavy (non-hydrogen) atoms. The quantitative estimate of drug-likeness (QED) is 0.834. The second-order valence-electron chi connectivity index (χ2n) is 5.01. The molecule has 1 amide bonds. The highest BCUT2D eigenvalue weighted by Gasteiger charge is 2.31. The second-order valence-corrected chi connectivity index (χ2v) is 5.45. The minimum atomic E-state index is -0.0536. The smallest absolute Gasteiger partial charge is 0.256 e. The van der Waals surface area contributed by atoms with E-state index in [1.54, 1.807) is 18.2 Å². The summed E-state index contributed by atoms with van der Waals surface area (Å²) < 4.78 is 0. The molecule has 104 valence electrons. The lowest BCUT2D eigenvalue weighted by Crippen LogP contribution is -2.31. The molecule has 0 spiro atoms. The van der Waals surface area contributed by atoms with Crippen molar-refractivity contribution in [1.82, 2.24) is 9.88 Å². The Bertz CT molecular complexity index is 624. The minimum absolute atomic E-state index is 0.0536. The van der Waals surface area contributed by atoms with Crippen LogP contribution >= 0.6 is 11.6 Å². The zero-order valence-corrected chi connectivity index (χ0v) is 11.7. The van der Waals surface area contributed by atoms with Crippen LogP contribution in [-0.4, -0.2) is 22.3 Å². The van der Waals surface area contributed by atoms with Crippen LogP contribution in [0.15, 0.2) is 36.5 Å². The Morgan fingerprint density at radius 1 is 1.40 bits per heavy atom. The molecule has 1 aromatic carbocycles. The predicted octanol–water partition coefficient (Wildman–Crippen LogP) is 3.23. The number of nitrogens with two attached hydrogens (primary N) is 1. The van der Waals surface area contributed by atoms with Crippen LogP contribution in [0.3, 0.4) is 0 Å². The van der Waals surface area contributed by atoms with Gasteiger partial charge in [-0.3, -0.25) is 4.79 Å². The van der Waals surface area contributed by atoms with Crippen LogP contribution in [0.2, 0.25) is 5.02 Å². The van der Waals surface area contributed by atoms with Gasteiger partial charge in [0.2, 0.25) is 0 Å². The predicted molar refractivity (Wildman–Crippen MR) is 79.7 cm³/mol. The Labute approximate surface area is 122 Å². The van der Waals surface area contributed by atoms with E-state index in [0.717, 1.165) is 25.1 Å². The Morgan fingerprint density at radius 2 is 2.25 bits per heavy atom. The summed E-state index contributed by atoms with van der Waals surface area (Å²) in [6.45, 7) is 0.745. The fraction of sp³-hybridized carbons (Fsp3) is 0.267. The second kappa shape index (κ2) is 5.21. The molecule has 2 heterocycles. The van der Waals surface area contributed by atoms with Gasteiger partial charge in [-0.05, 0) is 43.2 Å². The van der Waals surface area contributed by atoms with Gasteiger partial charge in [0.25, 0.3) is 5.91 Å². The molecule has 1 aliphatic heterocycles. The highest BCUT2D eigenvalue weighted by molar-refractivity contribution is 6.31. The topological polar surface area (TPSA) is 62.1 Å². The molecular formula is C15H16ClN3O. The van der Waals surface area contributed by atoms with Crippen molar-refractivity contribution in [3.8, 4) is 0 Å². The number of rotatable bonds is 2. The lowest BCUT2D eigenvalue weighted by molar-refractivity contribution is 0.0734. The van der Waals surface area contributed by atoms with Crippen molar-refractivity contribution in [3.63, 3.8) is 0 Å². The van der Waals surface area contributed by atoms with E-state index in [-0.39, 0.29) is 11.9 Å². The summed E-state index contributed by atoms with van der Waals surface area (Å²) in [5.74, 6) is -0.0536. The molecule has 2 aromatic rings. The van der Waals surface area contributed by atoms with Gasteiger partial charge in [0.15, 0.2) is 0 Å². The number of hydrogen-bond acceptors (Lipinski definition) is 2. The highest BCUT2D eigenvalue weighted by atomic mass is 35.5. The number of aromatic nitrogens is 1. The van der Waals surface area contributed by atoms with Gasteiger partial charge < -0.3 is 15.6 Å². The molecule has 0 bridgehead atoms. The van der Waals surface area contributed by atoms with Crippen LogP contribution in [-0.2, 0) is 0 Å². The first-order chi connectivity index (χ1) is 9.66. The molecular weight excluding hydrogens is 274 g/mol. The minimum Gasteiger partial charge on any atom is -0.398 e. The third kappa shape index (κ3) is 2.27. The van der Waals surface area contributed by atoms with Crippen molar-refractivity contribution in [1.29, 1.82) is 0 Å². The molecule has 0 aliphatic carbocycles. The van der Waals surface area contributed by atoms with Gasteiger partial charge >= 0.3 is 0 Å². The van der Waals surface area contributed by atoms with Gasteiger partial charge in [0.1, 0.15) is 0 Å². The first-order valence-electron chi connectivity index (χ1n) is 6.66. The molecule has 0 saturated carbocycles. The monoisotopic (exact) mass is 289 g/mol. The zero-order chi connectivity index (χ0) is 14.1. The number of nitrogens with zero attached hydrogens (tertiary/aromatic N) is 1. The Morgan fingerprint density at radius 3 is 3.00 bits per heavy atom. The summed E-state index contributed by atoms with van der Waals surface area (Å²) in [6.07, 6.45) is 3.84. The third-order valence-corrected chi connectivity index (χ3v) is 3.98. The molecule has 4 nitrogen and oxygen atoms in total. The normalized spacial score (nSPS) is 18.4. The van der Waals surface area contributed by atoms with E-state index in [4.69, 9.17) is 17.3 Å². The standard InChI is InChI=1S/C15H16ClN3O/c16-10-5-6-12(17)11(9-10)15(20)19-8-2-4-14(19)13-3-1-7-18-13/h1,3,5-7,9,14,18H,2,4,8,17H2. The van der Waals surface area contributed by atoms with Gasteiger partial charge in [0.05, 0.1) is 11.6 Å². The number of likely N-dealkylation sites (tertiary alicyclic amines) is 1. The maximum atomic E-state index is 12.7. The van der Waals surface area contributed by atoms with Crippen molar-refractivity contribution in [2.75, 3.05) is 12.3 Å². The van der Waals surface area contributed by atoms with Crippen LogP contribution in [0.5, 0.6) is 0 Å². The van der Waals surface area contributed by atoms with Gasteiger partial charge in [-0.1, -0.05) is 11.6 Å². The number of carbonyl (C=O) groups excluding carboxylic acids is 1. The molecule has 0 radical (unpaired) electrons. The van der Waals surface area contributed by atoms with Gasteiger partial charge in [-0.25, -0.2) is 0 Å². The first kappa shape index (κ1) is 13.1. The average molecular weight is 290 g/mol. The number of aromatic amines is 1. The third-order valence-electron chi connectivity index (χ3n) is 3.74. The number of carbonyl (C=O) groups is 1. The Hall–Kier alpha value is -1.94. The van der Waals surface area contributed by atoms with Crippen LogP contribution in [0.25, 0.3) is 0 Å². The molecule has 3 N–H and O–H groups in total. The fourth-order valence-corrected chi connectivity index (χ4v) is 2.93. The molecule has 1 aliphatic rings. The first-order valence-corrected chi connectivity index (χ1v) is 7.04. The molecule has 1 fully saturated rings. The fourth-order valence-electron chi connectivity index (χ4n) is 2.75. The zero-order valence-electron chi connectivity index (χ0n) is 11.0. The summed E-state index contributed by atoms with van der Waals surface area (Å²) in [5.41, 5.74) is 7.93. The maximum Gasteiger partial charge on any atom is 0.256 e. The van der Waals surface area contributed by atoms with E-state index in [9.17, 15) is 4.79 Å². The van der Waals surface area contributed by atoms with Gasteiger partial charge in [-0.15, -0.1) is 0 Å². The molecule has 5 heteroatoms. The number of hydrogen-bond donors (Lipinski definition) is 2. The van der Waals surface area contributed by atoms with Crippen molar-refractivity contribution >= 4 is 23.2 Å². The summed E-state index contributed by atoms with van der Waals surface area (Å²) in [4.78, 5) is 17.8. The average Bonchev–Trinajstić information content (AvgIpc) is 3.10. The largest absolute Gasteiger partial charge is 0.398 e. The molecule has 1 atom stereocenters. The number of halogens is 1. The van der Waals surface area contributed by atoms with Crippen LogP contribution in [0.1, 0.15) is 34.9 Å². The highest BCUT2D eigenvalue weighted by Crippen LogP contribution is 2.33. The Balaban J connectivity index is 1.91. The van der Waals surface area contributed by atoms with Crippen molar-refractivity contribution in [3.05, 3.63) is 52.8 Å². The van der Waals surface area contributed by atoms with E-state index in [1.165, 1.54) is 0 Å². The van der Waals surface area contributed by atoms with Gasteiger partial charge in [0, 0.05) is 29.1 Å². The van der Waals surface area contributed by atoms with Crippen LogP contribution < -0.4 is 5.73 Å².